The average Bonchev–Trinajstić information content (AvgIpc) is 2.36. The molecular weight excluding hydrogens is 304 g/mol. The van der Waals surface area contributed by atoms with E-state index in [2.05, 4.69) is 9.46 Å². The summed E-state index contributed by atoms with van der Waals surface area (Å²) < 4.78 is 30.7. The van der Waals surface area contributed by atoms with Crippen LogP contribution < -0.4 is 10.5 Å². The minimum absolute atomic E-state index is 0. The van der Waals surface area contributed by atoms with Crippen molar-refractivity contribution in [3.8, 4) is 0 Å². The van der Waals surface area contributed by atoms with Crippen molar-refractivity contribution in [2.24, 2.45) is 5.73 Å². The number of nitrogens with one attached hydrogen (secondary N) is 1. The Morgan fingerprint density at radius 3 is 2.65 bits per heavy atom. The normalized spacial score (nSPS) is 12.3. The quantitative estimate of drug-likeness (QED) is 0.750. The Balaban J connectivity index is 0.00000361. The van der Waals surface area contributed by atoms with Crippen LogP contribution in [-0.4, -0.2) is 34.1 Å². The fourth-order valence-corrected chi connectivity index (χ4v) is 2.93. The highest BCUT2D eigenvalue weighted by atomic mass is 35.5. The van der Waals surface area contributed by atoms with Crippen LogP contribution in [0.3, 0.4) is 0 Å². The first-order valence-corrected chi connectivity index (χ1v) is 7.40. The van der Waals surface area contributed by atoms with Crippen LogP contribution in [0.15, 0.2) is 24.3 Å². The number of halogens is 1. The molecule has 1 atom stereocenters. The SMILES string of the molecule is COC(=O)c1cccc(CS(=O)(=O)N[C@@H](C)CN)c1.Cl. The van der Waals surface area contributed by atoms with E-state index >= 15 is 0 Å². The summed E-state index contributed by atoms with van der Waals surface area (Å²) >= 11 is 0. The Kier molecular flexibility index (Phi) is 7.74. The first-order chi connectivity index (χ1) is 8.88. The summed E-state index contributed by atoms with van der Waals surface area (Å²) in [7, 11) is -2.20. The Morgan fingerprint density at radius 1 is 1.45 bits per heavy atom. The van der Waals surface area contributed by atoms with Crippen molar-refractivity contribution < 1.29 is 17.9 Å². The number of carbonyl (C=O) groups excluding carboxylic acids is 1. The summed E-state index contributed by atoms with van der Waals surface area (Å²) in [5.74, 6) is -0.704. The summed E-state index contributed by atoms with van der Waals surface area (Å²) in [5.41, 5.74) is 6.20. The van der Waals surface area contributed by atoms with Crippen molar-refractivity contribution in [3.05, 3.63) is 35.4 Å². The van der Waals surface area contributed by atoms with Gasteiger partial charge in [0.05, 0.1) is 18.4 Å². The highest BCUT2D eigenvalue weighted by Gasteiger charge is 2.15. The molecule has 0 aliphatic carbocycles. The van der Waals surface area contributed by atoms with Crippen molar-refractivity contribution in [1.82, 2.24) is 4.72 Å². The fraction of sp³-hybridized carbons (Fsp3) is 0.417. The molecule has 8 heteroatoms. The van der Waals surface area contributed by atoms with E-state index < -0.39 is 16.0 Å². The molecule has 0 aliphatic rings. The molecule has 0 heterocycles. The Hall–Kier alpha value is -1.15. The Labute approximate surface area is 125 Å². The van der Waals surface area contributed by atoms with Gasteiger partial charge in [-0.1, -0.05) is 12.1 Å². The van der Waals surface area contributed by atoms with Gasteiger partial charge >= 0.3 is 5.97 Å². The number of hydrogen-bond acceptors (Lipinski definition) is 5. The van der Waals surface area contributed by atoms with Gasteiger partial charge in [-0.15, -0.1) is 12.4 Å². The van der Waals surface area contributed by atoms with Gasteiger partial charge in [-0.05, 0) is 24.6 Å². The van der Waals surface area contributed by atoms with Crippen LogP contribution in [0.2, 0.25) is 0 Å². The van der Waals surface area contributed by atoms with Gasteiger partial charge in [-0.3, -0.25) is 0 Å². The van der Waals surface area contributed by atoms with Crippen molar-refractivity contribution in [2.45, 2.75) is 18.7 Å². The lowest BCUT2D eigenvalue weighted by Crippen LogP contribution is -2.38. The Bertz CT molecular complexity index is 548. The summed E-state index contributed by atoms with van der Waals surface area (Å²) in [6, 6.07) is 5.99. The average molecular weight is 323 g/mol. The second-order valence-corrected chi connectivity index (χ2v) is 5.96. The van der Waals surface area contributed by atoms with E-state index in [1.165, 1.54) is 13.2 Å². The van der Waals surface area contributed by atoms with Crippen molar-refractivity contribution in [3.63, 3.8) is 0 Å². The van der Waals surface area contributed by atoms with Gasteiger partial charge in [0.25, 0.3) is 0 Å². The fourth-order valence-electron chi connectivity index (χ4n) is 1.52. The van der Waals surface area contributed by atoms with E-state index in [1.54, 1.807) is 25.1 Å². The molecule has 1 aromatic rings. The smallest absolute Gasteiger partial charge is 0.337 e. The monoisotopic (exact) mass is 322 g/mol. The molecule has 114 valence electrons. The molecule has 0 aliphatic heterocycles. The maximum Gasteiger partial charge on any atom is 0.337 e. The van der Waals surface area contributed by atoms with Crippen molar-refractivity contribution >= 4 is 28.4 Å². The number of carbonyl (C=O) groups is 1. The summed E-state index contributed by atoms with van der Waals surface area (Å²) in [6.45, 7) is 1.91. The van der Waals surface area contributed by atoms with Crippen LogP contribution in [0.5, 0.6) is 0 Å². The van der Waals surface area contributed by atoms with Crippen LogP contribution in [0.25, 0.3) is 0 Å². The highest BCUT2D eigenvalue weighted by Crippen LogP contribution is 2.10. The molecule has 0 spiro atoms. The number of hydrogen-bond donors (Lipinski definition) is 2. The summed E-state index contributed by atoms with van der Waals surface area (Å²) in [4.78, 5) is 11.4. The van der Waals surface area contributed by atoms with Crippen LogP contribution in [0, 0.1) is 0 Å². The highest BCUT2D eigenvalue weighted by molar-refractivity contribution is 7.88. The first kappa shape index (κ1) is 18.9. The number of nitrogens with two attached hydrogens (primary N) is 1. The zero-order chi connectivity index (χ0) is 14.5. The van der Waals surface area contributed by atoms with Gasteiger partial charge in [0, 0.05) is 12.6 Å². The van der Waals surface area contributed by atoms with Crippen LogP contribution in [0.4, 0.5) is 0 Å². The van der Waals surface area contributed by atoms with Crippen LogP contribution in [-0.2, 0) is 20.5 Å². The van der Waals surface area contributed by atoms with E-state index in [0.29, 0.717) is 11.1 Å². The number of esters is 1. The molecule has 0 fully saturated rings. The van der Waals surface area contributed by atoms with Crippen molar-refractivity contribution in [2.75, 3.05) is 13.7 Å². The molecule has 0 aromatic heterocycles. The summed E-state index contributed by atoms with van der Waals surface area (Å²) in [6.07, 6.45) is 0. The molecule has 6 nitrogen and oxygen atoms in total. The molecule has 0 amide bonds. The lowest BCUT2D eigenvalue weighted by atomic mass is 10.1. The third-order valence-electron chi connectivity index (χ3n) is 2.44. The molecule has 0 saturated carbocycles. The minimum atomic E-state index is -3.48. The standard InChI is InChI=1S/C12H18N2O4S.ClH/c1-9(7-13)14-19(16,17)8-10-4-3-5-11(6-10)12(15)18-2;/h3-6,9,14H,7-8,13H2,1-2H3;1H/t9-;/m0./s1. The van der Waals surface area contributed by atoms with Gasteiger partial charge in [-0.25, -0.2) is 17.9 Å². The molecular formula is C12H19ClN2O4S. The lowest BCUT2D eigenvalue weighted by Gasteiger charge is -2.12. The summed E-state index contributed by atoms with van der Waals surface area (Å²) in [5, 5.41) is 0. The van der Waals surface area contributed by atoms with E-state index in [0.717, 1.165) is 0 Å². The molecule has 3 N–H and O–H groups in total. The molecule has 0 bridgehead atoms. The van der Waals surface area contributed by atoms with Crippen LogP contribution >= 0.6 is 12.4 Å². The molecule has 1 rings (SSSR count). The van der Waals surface area contributed by atoms with E-state index in [1.807, 2.05) is 0 Å². The third-order valence-corrected chi connectivity index (χ3v) is 3.91. The molecule has 0 radical (unpaired) electrons. The number of ether oxygens (including phenoxy) is 1. The Morgan fingerprint density at radius 2 is 2.10 bits per heavy atom. The first-order valence-electron chi connectivity index (χ1n) is 5.75. The van der Waals surface area contributed by atoms with E-state index in [9.17, 15) is 13.2 Å². The maximum atomic E-state index is 11.8. The van der Waals surface area contributed by atoms with Crippen molar-refractivity contribution in [1.29, 1.82) is 0 Å². The number of rotatable bonds is 6. The van der Waals surface area contributed by atoms with Gasteiger partial charge in [0.1, 0.15) is 0 Å². The molecule has 1 aromatic carbocycles. The van der Waals surface area contributed by atoms with Gasteiger partial charge in [-0.2, -0.15) is 0 Å². The number of sulfonamides is 1. The maximum absolute atomic E-state index is 11.8. The zero-order valence-corrected chi connectivity index (χ0v) is 13.0. The predicted octanol–water partition coefficient (Wildman–Crippen LogP) is 0.662. The topological polar surface area (TPSA) is 98.5 Å². The minimum Gasteiger partial charge on any atom is -0.465 e. The van der Waals surface area contributed by atoms with E-state index in [-0.39, 0.29) is 30.7 Å². The van der Waals surface area contributed by atoms with Crippen LogP contribution in [0.1, 0.15) is 22.8 Å². The molecule has 0 saturated heterocycles. The number of methoxy groups -OCH3 is 1. The van der Waals surface area contributed by atoms with E-state index in [4.69, 9.17) is 5.73 Å². The van der Waals surface area contributed by atoms with Gasteiger partial charge in [0.15, 0.2) is 0 Å². The molecule has 0 unspecified atom stereocenters. The lowest BCUT2D eigenvalue weighted by molar-refractivity contribution is 0.0600. The zero-order valence-electron chi connectivity index (χ0n) is 11.3. The largest absolute Gasteiger partial charge is 0.465 e. The third kappa shape index (κ3) is 5.87. The molecule has 20 heavy (non-hydrogen) atoms. The predicted molar refractivity (Wildman–Crippen MR) is 79.3 cm³/mol. The number of benzene rings is 1. The second-order valence-electron chi connectivity index (χ2n) is 4.21. The second kappa shape index (κ2) is 8.21. The van der Waals surface area contributed by atoms with Gasteiger partial charge < -0.3 is 10.5 Å². The van der Waals surface area contributed by atoms with Gasteiger partial charge in [0.2, 0.25) is 10.0 Å².